The molecule has 0 radical (unpaired) electrons. The number of ether oxygens (including phenoxy) is 1. The van der Waals surface area contributed by atoms with Gasteiger partial charge in [0.2, 0.25) is 5.78 Å². The number of hydrogen-bond acceptors (Lipinski definition) is 5. The Morgan fingerprint density at radius 3 is 2.56 bits per heavy atom. The Balaban J connectivity index is 1.70. The van der Waals surface area contributed by atoms with Crippen LogP contribution in [0.5, 0.6) is 5.75 Å². The van der Waals surface area contributed by atoms with E-state index >= 15 is 0 Å². The number of fused-ring (bicyclic) bond motifs is 3. The minimum atomic E-state index is -0.376. The number of aromatic nitrogens is 4. The van der Waals surface area contributed by atoms with Gasteiger partial charge in [-0.3, -0.25) is 9.20 Å². The lowest BCUT2D eigenvalue weighted by Gasteiger charge is -2.12. The first-order valence-corrected chi connectivity index (χ1v) is 11.0. The van der Waals surface area contributed by atoms with E-state index in [1.54, 1.807) is 54.0 Å². The maximum Gasteiger partial charge on any atom is 0.267 e. The second-order valence-electron chi connectivity index (χ2n) is 6.96. The summed E-state index contributed by atoms with van der Waals surface area (Å²) >= 11 is 7.48. The quantitative estimate of drug-likeness (QED) is 0.336. The van der Waals surface area contributed by atoms with E-state index in [0.29, 0.717) is 43.9 Å². The number of halogens is 2. The monoisotopic (exact) mass is 466 g/mol. The smallest absolute Gasteiger partial charge is 0.267 e. The molecule has 0 amide bonds. The largest absolute Gasteiger partial charge is 0.497 e. The van der Waals surface area contributed by atoms with Crippen LogP contribution in [0.2, 0.25) is 5.02 Å². The van der Waals surface area contributed by atoms with Crippen LogP contribution in [0.25, 0.3) is 22.4 Å². The first-order chi connectivity index (χ1) is 15.6. The van der Waals surface area contributed by atoms with Crippen LogP contribution < -0.4 is 10.3 Å². The fraction of sp³-hybridized carbons (Fsp3) is 0.0870. The van der Waals surface area contributed by atoms with Gasteiger partial charge in [0.25, 0.3) is 5.56 Å². The Hall–Kier alpha value is -3.36. The summed E-state index contributed by atoms with van der Waals surface area (Å²) in [7, 11) is 1.58. The number of para-hydroxylation sites is 1. The fourth-order valence-corrected chi connectivity index (χ4v) is 4.83. The Morgan fingerprint density at radius 2 is 1.81 bits per heavy atom. The number of hydrogen-bond donors (Lipinski definition) is 0. The normalized spacial score (nSPS) is 11.3. The molecule has 32 heavy (non-hydrogen) atoms. The molecule has 2 aromatic heterocycles. The summed E-state index contributed by atoms with van der Waals surface area (Å²) in [6, 6.07) is 19.0. The van der Waals surface area contributed by atoms with Crippen LogP contribution >= 0.6 is 23.4 Å². The highest BCUT2D eigenvalue weighted by atomic mass is 35.5. The van der Waals surface area contributed by atoms with E-state index in [1.807, 2.05) is 18.2 Å². The highest BCUT2D eigenvalue weighted by molar-refractivity contribution is 7.98. The maximum absolute atomic E-state index is 14.2. The van der Waals surface area contributed by atoms with E-state index in [2.05, 4.69) is 10.2 Å². The van der Waals surface area contributed by atoms with Gasteiger partial charge in [0.1, 0.15) is 11.6 Å². The van der Waals surface area contributed by atoms with E-state index in [1.165, 1.54) is 22.4 Å². The number of methoxy groups -OCH3 is 1. The Morgan fingerprint density at radius 1 is 1.03 bits per heavy atom. The van der Waals surface area contributed by atoms with Crippen molar-refractivity contribution >= 4 is 40.0 Å². The summed E-state index contributed by atoms with van der Waals surface area (Å²) in [6.07, 6.45) is 0. The number of nitrogens with zero attached hydrogens (tertiary/aromatic N) is 4. The molecule has 9 heteroatoms. The SMILES string of the molecule is COc1ccc(-n2c(=O)c3ccccc3n3c(SCc4c(F)cccc4Cl)nnc23)cc1. The second kappa shape index (κ2) is 8.29. The van der Waals surface area contributed by atoms with Crippen molar-refractivity contribution in [3.8, 4) is 11.4 Å². The molecular formula is C23H16ClFN4O2S. The van der Waals surface area contributed by atoms with Gasteiger partial charge in [-0.15, -0.1) is 10.2 Å². The van der Waals surface area contributed by atoms with Gasteiger partial charge >= 0.3 is 0 Å². The Labute approximate surface area is 191 Å². The van der Waals surface area contributed by atoms with E-state index in [4.69, 9.17) is 16.3 Å². The van der Waals surface area contributed by atoms with Gasteiger partial charge in [-0.1, -0.05) is 41.6 Å². The van der Waals surface area contributed by atoms with Crippen molar-refractivity contribution in [1.82, 2.24) is 19.2 Å². The van der Waals surface area contributed by atoms with Gasteiger partial charge in [-0.25, -0.2) is 8.96 Å². The lowest BCUT2D eigenvalue weighted by molar-refractivity contribution is 0.414. The summed E-state index contributed by atoms with van der Waals surface area (Å²) in [4.78, 5) is 13.4. The molecule has 0 N–H and O–H groups in total. The molecule has 0 fully saturated rings. The zero-order chi connectivity index (χ0) is 22.2. The van der Waals surface area contributed by atoms with E-state index in [9.17, 15) is 9.18 Å². The van der Waals surface area contributed by atoms with Crippen LogP contribution in [-0.2, 0) is 5.75 Å². The van der Waals surface area contributed by atoms with Crippen LogP contribution in [-0.4, -0.2) is 26.3 Å². The van der Waals surface area contributed by atoms with Crippen LogP contribution in [0.1, 0.15) is 5.56 Å². The molecule has 5 rings (SSSR count). The van der Waals surface area contributed by atoms with Gasteiger partial charge in [0.15, 0.2) is 5.16 Å². The standard InChI is InChI=1S/C23H16ClFN4O2S/c1-31-15-11-9-14(10-12-15)28-21(30)16-5-2-3-8-20(16)29-22(28)26-27-23(29)32-13-17-18(24)6-4-7-19(17)25/h2-12H,13H2,1H3. The fourth-order valence-electron chi connectivity index (χ4n) is 3.54. The lowest BCUT2D eigenvalue weighted by Crippen LogP contribution is -2.21. The van der Waals surface area contributed by atoms with Crippen LogP contribution in [0, 0.1) is 5.82 Å². The summed E-state index contributed by atoms with van der Waals surface area (Å²) < 4.78 is 22.8. The summed E-state index contributed by atoms with van der Waals surface area (Å²) in [6.45, 7) is 0. The first kappa shape index (κ1) is 20.5. The van der Waals surface area contributed by atoms with Crippen LogP contribution in [0.4, 0.5) is 4.39 Å². The molecule has 0 aliphatic rings. The predicted molar refractivity (Wildman–Crippen MR) is 124 cm³/mol. The molecule has 0 bridgehead atoms. The highest BCUT2D eigenvalue weighted by Gasteiger charge is 2.19. The molecule has 160 valence electrons. The van der Waals surface area contributed by atoms with Crippen molar-refractivity contribution in [2.24, 2.45) is 0 Å². The summed E-state index contributed by atoms with van der Waals surface area (Å²) in [5, 5.41) is 10.0. The topological polar surface area (TPSA) is 61.4 Å². The predicted octanol–water partition coefficient (Wildman–Crippen LogP) is 5.13. The maximum atomic E-state index is 14.2. The van der Waals surface area contributed by atoms with Crippen molar-refractivity contribution in [2.75, 3.05) is 7.11 Å². The highest BCUT2D eigenvalue weighted by Crippen LogP contribution is 2.29. The second-order valence-corrected chi connectivity index (χ2v) is 8.31. The molecule has 0 aliphatic heterocycles. The van der Waals surface area contributed by atoms with E-state index in [-0.39, 0.29) is 17.1 Å². The molecule has 0 saturated heterocycles. The molecule has 2 heterocycles. The van der Waals surface area contributed by atoms with Crippen molar-refractivity contribution in [3.05, 3.63) is 93.5 Å². The third-order valence-electron chi connectivity index (χ3n) is 5.13. The molecule has 6 nitrogen and oxygen atoms in total. The molecule has 0 spiro atoms. The average Bonchev–Trinajstić information content (AvgIpc) is 3.23. The molecule has 5 aromatic rings. The Kier molecular flexibility index (Phi) is 5.32. The van der Waals surface area contributed by atoms with Crippen molar-refractivity contribution in [2.45, 2.75) is 10.9 Å². The third kappa shape index (κ3) is 3.41. The number of rotatable bonds is 5. The minimum Gasteiger partial charge on any atom is -0.497 e. The lowest BCUT2D eigenvalue weighted by atomic mass is 10.2. The molecule has 0 aliphatic carbocycles. The van der Waals surface area contributed by atoms with Crippen LogP contribution in [0.15, 0.2) is 76.7 Å². The molecule has 0 unspecified atom stereocenters. The van der Waals surface area contributed by atoms with Gasteiger partial charge in [-0.05, 0) is 48.5 Å². The number of thioether (sulfide) groups is 1. The van der Waals surface area contributed by atoms with Gasteiger partial charge in [0, 0.05) is 16.3 Å². The molecule has 3 aromatic carbocycles. The van der Waals surface area contributed by atoms with Gasteiger partial charge in [0.05, 0.1) is 23.7 Å². The Bertz CT molecular complexity index is 1490. The zero-order valence-electron chi connectivity index (χ0n) is 16.8. The van der Waals surface area contributed by atoms with Gasteiger partial charge < -0.3 is 4.74 Å². The van der Waals surface area contributed by atoms with E-state index in [0.717, 1.165) is 0 Å². The zero-order valence-corrected chi connectivity index (χ0v) is 18.4. The average molecular weight is 467 g/mol. The van der Waals surface area contributed by atoms with E-state index < -0.39 is 0 Å². The molecule has 0 atom stereocenters. The third-order valence-corrected chi connectivity index (χ3v) is 6.44. The number of benzene rings is 3. The molecular weight excluding hydrogens is 451 g/mol. The summed E-state index contributed by atoms with van der Waals surface area (Å²) in [5.74, 6) is 0.931. The van der Waals surface area contributed by atoms with Crippen molar-refractivity contribution in [3.63, 3.8) is 0 Å². The van der Waals surface area contributed by atoms with Crippen molar-refractivity contribution < 1.29 is 9.13 Å². The van der Waals surface area contributed by atoms with Crippen molar-refractivity contribution in [1.29, 1.82) is 0 Å². The summed E-state index contributed by atoms with van der Waals surface area (Å²) in [5.41, 5.74) is 1.49. The minimum absolute atomic E-state index is 0.209. The van der Waals surface area contributed by atoms with Crippen LogP contribution in [0.3, 0.4) is 0 Å². The molecule has 0 saturated carbocycles. The van der Waals surface area contributed by atoms with Gasteiger partial charge in [-0.2, -0.15) is 0 Å². The first-order valence-electron chi connectivity index (χ1n) is 9.67.